The topological polar surface area (TPSA) is 89.6 Å². The third-order valence-corrected chi connectivity index (χ3v) is 2.68. The highest BCUT2D eigenvalue weighted by Crippen LogP contribution is 2.24. The SMILES string of the molecule is CC(COc1ccsc1C(=O)O)C(N)=O. The van der Waals surface area contributed by atoms with Crippen molar-refractivity contribution in [2.45, 2.75) is 6.92 Å². The van der Waals surface area contributed by atoms with E-state index in [1.165, 1.54) is 0 Å². The van der Waals surface area contributed by atoms with Crippen LogP contribution < -0.4 is 10.5 Å². The van der Waals surface area contributed by atoms with Gasteiger partial charge in [0.25, 0.3) is 0 Å². The van der Waals surface area contributed by atoms with Crippen LogP contribution in [0.3, 0.4) is 0 Å². The molecular formula is C9H11NO4S. The smallest absolute Gasteiger partial charge is 0.349 e. The Labute approximate surface area is 90.5 Å². The zero-order chi connectivity index (χ0) is 11.4. The number of amides is 1. The summed E-state index contributed by atoms with van der Waals surface area (Å²) in [5.74, 6) is -1.67. The Morgan fingerprint density at radius 1 is 1.67 bits per heavy atom. The Morgan fingerprint density at radius 2 is 2.33 bits per heavy atom. The van der Waals surface area contributed by atoms with Gasteiger partial charge in [0, 0.05) is 0 Å². The average molecular weight is 229 g/mol. The average Bonchev–Trinajstić information content (AvgIpc) is 2.61. The van der Waals surface area contributed by atoms with Crippen LogP contribution in [0.2, 0.25) is 0 Å². The molecule has 0 saturated carbocycles. The molecule has 0 aliphatic rings. The lowest BCUT2D eigenvalue weighted by Gasteiger charge is -2.08. The molecule has 82 valence electrons. The van der Waals surface area contributed by atoms with E-state index >= 15 is 0 Å². The van der Waals surface area contributed by atoms with Gasteiger partial charge in [-0.2, -0.15) is 0 Å². The number of thiophene rings is 1. The number of aromatic carboxylic acids is 1. The fraction of sp³-hybridized carbons (Fsp3) is 0.333. The van der Waals surface area contributed by atoms with E-state index in [0.29, 0.717) is 0 Å². The maximum atomic E-state index is 10.7. The number of primary amides is 1. The predicted molar refractivity (Wildman–Crippen MR) is 55.1 cm³/mol. The Hall–Kier alpha value is -1.56. The van der Waals surface area contributed by atoms with Crippen LogP contribution in [0.25, 0.3) is 0 Å². The second kappa shape index (κ2) is 4.79. The van der Waals surface area contributed by atoms with Crippen LogP contribution in [0.5, 0.6) is 5.75 Å². The van der Waals surface area contributed by atoms with Crippen LogP contribution in [0.4, 0.5) is 0 Å². The van der Waals surface area contributed by atoms with Crippen molar-refractivity contribution in [3.63, 3.8) is 0 Å². The van der Waals surface area contributed by atoms with E-state index in [-0.39, 0.29) is 17.2 Å². The Balaban J connectivity index is 2.61. The first-order valence-electron chi connectivity index (χ1n) is 4.25. The highest BCUT2D eigenvalue weighted by molar-refractivity contribution is 7.12. The van der Waals surface area contributed by atoms with Crippen molar-refractivity contribution in [2.24, 2.45) is 11.7 Å². The monoisotopic (exact) mass is 229 g/mol. The number of ether oxygens (including phenoxy) is 1. The van der Waals surface area contributed by atoms with Gasteiger partial charge in [0.05, 0.1) is 12.5 Å². The summed E-state index contributed by atoms with van der Waals surface area (Å²) in [5, 5.41) is 10.4. The lowest BCUT2D eigenvalue weighted by atomic mass is 10.2. The first kappa shape index (κ1) is 11.5. The van der Waals surface area contributed by atoms with Crippen molar-refractivity contribution in [1.82, 2.24) is 0 Å². The van der Waals surface area contributed by atoms with Gasteiger partial charge in [0.2, 0.25) is 5.91 Å². The number of carbonyl (C=O) groups is 2. The second-order valence-electron chi connectivity index (χ2n) is 3.03. The molecule has 1 atom stereocenters. The van der Waals surface area contributed by atoms with E-state index in [1.54, 1.807) is 18.4 Å². The molecule has 1 amide bonds. The van der Waals surface area contributed by atoms with Crippen molar-refractivity contribution in [1.29, 1.82) is 0 Å². The molecule has 0 spiro atoms. The number of carbonyl (C=O) groups excluding carboxylic acids is 1. The third kappa shape index (κ3) is 2.95. The molecule has 1 rings (SSSR count). The van der Waals surface area contributed by atoms with E-state index < -0.39 is 17.8 Å². The van der Waals surface area contributed by atoms with E-state index in [9.17, 15) is 9.59 Å². The molecule has 0 saturated heterocycles. The first-order chi connectivity index (χ1) is 7.02. The predicted octanol–water partition coefficient (Wildman–Crippen LogP) is 0.946. The molecule has 5 nitrogen and oxygen atoms in total. The fourth-order valence-corrected chi connectivity index (χ4v) is 1.54. The third-order valence-electron chi connectivity index (χ3n) is 1.80. The summed E-state index contributed by atoms with van der Waals surface area (Å²) < 4.78 is 5.19. The number of carboxylic acids is 1. The maximum Gasteiger partial charge on any atom is 0.349 e. The van der Waals surface area contributed by atoms with E-state index in [1.807, 2.05) is 0 Å². The highest BCUT2D eigenvalue weighted by Gasteiger charge is 2.15. The van der Waals surface area contributed by atoms with Crippen LogP contribution in [-0.4, -0.2) is 23.6 Å². The molecule has 3 N–H and O–H groups in total. The van der Waals surface area contributed by atoms with Crippen molar-refractivity contribution in [2.75, 3.05) is 6.61 Å². The number of hydrogen-bond donors (Lipinski definition) is 2. The first-order valence-corrected chi connectivity index (χ1v) is 5.13. The highest BCUT2D eigenvalue weighted by atomic mass is 32.1. The minimum absolute atomic E-state index is 0.0896. The molecule has 0 bridgehead atoms. The Bertz CT molecular complexity index is 374. The van der Waals surface area contributed by atoms with E-state index in [4.69, 9.17) is 15.6 Å². The van der Waals surface area contributed by atoms with E-state index in [2.05, 4.69) is 0 Å². The summed E-state index contributed by atoms with van der Waals surface area (Å²) in [7, 11) is 0. The van der Waals surface area contributed by atoms with E-state index in [0.717, 1.165) is 11.3 Å². The lowest BCUT2D eigenvalue weighted by molar-refractivity contribution is -0.122. The van der Waals surface area contributed by atoms with Crippen LogP contribution in [0.15, 0.2) is 11.4 Å². The van der Waals surface area contributed by atoms with Gasteiger partial charge in [-0.3, -0.25) is 4.79 Å². The summed E-state index contributed by atoms with van der Waals surface area (Å²) in [6.07, 6.45) is 0. The molecule has 0 aliphatic heterocycles. The molecule has 6 heteroatoms. The Morgan fingerprint density at radius 3 is 2.87 bits per heavy atom. The molecule has 0 aliphatic carbocycles. The largest absolute Gasteiger partial charge is 0.491 e. The summed E-state index contributed by atoms with van der Waals surface area (Å²) in [6.45, 7) is 1.71. The molecule has 0 fully saturated rings. The normalized spacial score (nSPS) is 12.1. The summed E-state index contributed by atoms with van der Waals surface area (Å²) in [4.78, 5) is 21.5. The molecular weight excluding hydrogens is 218 g/mol. The van der Waals surface area contributed by atoms with Gasteiger partial charge < -0.3 is 15.6 Å². The quantitative estimate of drug-likeness (QED) is 0.786. The van der Waals surface area contributed by atoms with Crippen molar-refractivity contribution >= 4 is 23.2 Å². The van der Waals surface area contributed by atoms with Crippen molar-refractivity contribution < 1.29 is 19.4 Å². The van der Waals surface area contributed by atoms with Gasteiger partial charge in [-0.05, 0) is 11.4 Å². The lowest BCUT2D eigenvalue weighted by Crippen LogP contribution is -2.25. The minimum atomic E-state index is -1.04. The molecule has 1 aromatic rings. The molecule has 0 radical (unpaired) electrons. The zero-order valence-electron chi connectivity index (χ0n) is 8.10. The van der Waals surface area contributed by atoms with Crippen molar-refractivity contribution in [3.8, 4) is 5.75 Å². The Kier molecular flexibility index (Phi) is 3.68. The standard InChI is InChI=1S/C9H11NO4S/c1-5(8(10)11)4-14-6-2-3-15-7(6)9(12)13/h2-3,5H,4H2,1H3,(H2,10,11)(H,12,13). The molecule has 1 unspecified atom stereocenters. The maximum absolute atomic E-state index is 10.7. The van der Waals surface area contributed by atoms with Crippen LogP contribution in [0, 0.1) is 5.92 Å². The second-order valence-corrected chi connectivity index (χ2v) is 3.95. The summed E-state index contributed by atoms with van der Waals surface area (Å²) in [6, 6.07) is 1.56. The van der Waals surface area contributed by atoms with Crippen LogP contribution in [-0.2, 0) is 4.79 Å². The summed E-state index contributed by atoms with van der Waals surface area (Å²) in [5.41, 5.74) is 5.04. The number of rotatable bonds is 5. The molecule has 1 heterocycles. The number of carboxylic acid groups (broad SMARTS) is 1. The number of hydrogen-bond acceptors (Lipinski definition) is 4. The minimum Gasteiger partial charge on any atom is -0.491 e. The van der Waals surface area contributed by atoms with Gasteiger partial charge in [0.1, 0.15) is 5.75 Å². The van der Waals surface area contributed by atoms with Gasteiger partial charge in [-0.25, -0.2) is 4.79 Å². The number of nitrogens with two attached hydrogens (primary N) is 1. The summed E-state index contributed by atoms with van der Waals surface area (Å²) >= 11 is 1.08. The van der Waals surface area contributed by atoms with Gasteiger partial charge >= 0.3 is 5.97 Å². The van der Waals surface area contributed by atoms with Crippen LogP contribution >= 0.6 is 11.3 Å². The van der Waals surface area contributed by atoms with Gasteiger partial charge in [-0.1, -0.05) is 6.92 Å². The van der Waals surface area contributed by atoms with Crippen LogP contribution in [0.1, 0.15) is 16.6 Å². The van der Waals surface area contributed by atoms with Crippen molar-refractivity contribution in [3.05, 3.63) is 16.3 Å². The fourth-order valence-electron chi connectivity index (χ4n) is 0.864. The molecule has 0 aromatic carbocycles. The van der Waals surface area contributed by atoms with Gasteiger partial charge in [-0.15, -0.1) is 11.3 Å². The molecule has 1 aromatic heterocycles. The molecule has 15 heavy (non-hydrogen) atoms. The zero-order valence-corrected chi connectivity index (χ0v) is 8.91. The van der Waals surface area contributed by atoms with Gasteiger partial charge in [0.15, 0.2) is 4.88 Å².